The summed E-state index contributed by atoms with van der Waals surface area (Å²) in [5.41, 5.74) is 10.2. The Labute approximate surface area is 171 Å². The lowest BCUT2D eigenvalue weighted by Crippen LogP contribution is -2.07. The highest BCUT2D eigenvalue weighted by molar-refractivity contribution is 7.93. The van der Waals surface area contributed by atoms with E-state index in [1.165, 1.54) is 11.3 Å². The Hall–Kier alpha value is -1.60. The lowest BCUT2D eigenvalue weighted by molar-refractivity contribution is 0.594. The molecule has 0 spiro atoms. The molecule has 2 N–H and O–H groups in total. The number of anilines is 1. The number of rotatable bonds is 7. The monoisotopic (exact) mass is 416 g/mol. The highest BCUT2D eigenvalue weighted by Gasteiger charge is 2.24. The molecule has 0 aliphatic heterocycles. The van der Waals surface area contributed by atoms with E-state index in [-0.39, 0.29) is 0 Å². The van der Waals surface area contributed by atoms with E-state index in [4.69, 9.17) is 10.7 Å². The molecule has 0 saturated carbocycles. The minimum Gasteiger partial charge on any atom is -0.611 e. The first kappa shape index (κ1) is 20.1. The van der Waals surface area contributed by atoms with Crippen LogP contribution in [0.4, 0.5) is 5.69 Å². The van der Waals surface area contributed by atoms with Crippen molar-refractivity contribution in [2.24, 2.45) is 0 Å². The van der Waals surface area contributed by atoms with Crippen LogP contribution < -0.4 is 5.73 Å². The van der Waals surface area contributed by atoms with Gasteiger partial charge >= 0.3 is 0 Å². The van der Waals surface area contributed by atoms with E-state index in [9.17, 15) is 4.55 Å². The van der Waals surface area contributed by atoms with Gasteiger partial charge in [-0.15, -0.1) is 11.3 Å². The lowest BCUT2D eigenvalue weighted by Gasteiger charge is -2.09. The summed E-state index contributed by atoms with van der Waals surface area (Å²) in [7, 11) is 0. The molecule has 3 aromatic heterocycles. The normalized spacial score (nSPS) is 13.7. The van der Waals surface area contributed by atoms with Gasteiger partial charge in [0.2, 0.25) is 4.21 Å². The van der Waals surface area contributed by atoms with Crippen LogP contribution in [0.1, 0.15) is 39.2 Å². The Kier molecular flexibility index (Phi) is 6.76. The predicted octanol–water partition coefficient (Wildman–Crippen LogP) is 6.49. The standard InChI is InChI=1S/C21H24N2OS3/c1-4-6-9-14(3)15-13-16(17-10-8-11-25-17)23-20-18(15)19(22)21(26-20)27(24)12-7-5-2/h4,6,8-11,13H,5,7,12,22H2,1-3H3/b6-4-,14-9+. The molecular formula is C21H24N2OS3. The largest absolute Gasteiger partial charge is 0.611 e. The summed E-state index contributed by atoms with van der Waals surface area (Å²) in [4.78, 5) is 6.84. The summed E-state index contributed by atoms with van der Waals surface area (Å²) in [5, 5.41) is 2.98. The van der Waals surface area contributed by atoms with E-state index < -0.39 is 11.2 Å². The number of thiophene rings is 2. The number of allylic oxidation sites excluding steroid dienone is 4. The minimum atomic E-state index is -1.08. The van der Waals surface area contributed by atoms with Crippen molar-refractivity contribution in [2.45, 2.75) is 37.8 Å². The van der Waals surface area contributed by atoms with Crippen molar-refractivity contribution >= 4 is 55.3 Å². The van der Waals surface area contributed by atoms with E-state index in [1.807, 2.05) is 25.1 Å². The van der Waals surface area contributed by atoms with Gasteiger partial charge in [0, 0.05) is 5.39 Å². The van der Waals surface area contributed by atoms with Gasteiger partial charge < -0.3 is 10.3 Å². The van der Waals surface area contributed by atoms with Gasteiger partial charge in [-0.1, -0.05) is 49.0 Å². The molecule has 0 saturated heterocycles. The molecule has 0 aliphatic rings. The summed E-state index contributed by atoms with van der Waals surface area (Å²) >= 11 is 2.07. The van der Waals surface area contributed by atoms with Gasteiger partial charge in [-0.05, 0) is 60.1 Å². The van der Waals surface area contributed by atoms with Gasteiger partial charge in [0.05, 0.1) is 10.6 Å². The number of nitrogen functional groups attached to an aromatic ring is 1. The zero-order valence-electron chi connectivity index (χ0n) is 15.8. The highest BCUT2D eigenvalue weighted by Crippen LogP contribution is 2.42. The molecule has 0 amide bonds. The van der Waals surface area contributed by atoms with Gasteiger partial charge in [-0.3, -0.25) is 0 Å². The lowest BCUT2D eigenvalue weighted by atomic mass is 10.0. The minimum absolute atomic E-state index is 0.623. The van der Waals surface area contributed by atoms with Crippen LogP contribution in [0.15, 0.2) is 46.0 Å². The van der Waals surface area contributed by atoms with Crippen molar-refractivity contribution in [3.8, 4) is 10.6 Å². The molecule has 6 heteroatoms. The summed E-state index contributed by atoms with van der Waals surface area (Å²) in [5.74, 6) is 0.647. The summed E-state index contributed by atoms with van der Waals surface area (Å²) in [6.07, 6.45) is 8.06. The topological polar surface area (TPSA) is 62.0 Å². The molecule has 27 heavy (non-hydrogen) atoms. The molecule has 3 aromatic rings. The molecule has 0 aromatic carbocycles. The first-order chi connectivity index (χ1) is 13.1. The molecule has 0 bridgehead atoms. The van der Waals surface area contributed by atoms with Crippen molar-refractivity contribution in [3.05, 3.63) is 47.4 Å². The first-order valence-electron chi connectivity index (χ1n) is 9.02. The van der Waals surface area contributed by atoms with Gasteiger partial charge in [0.15, 0.2) is 0 Å². The van der Waals surface area contributed by atoms with E-state index in [0.29, 0.717) is 11.4 Å². The fourth-order valence-corrected chi connectivity index (χ4v) is 6.31. The van der Waals surface area contributed by atoms with Crippen molar-refractivity contribution < 1.29 is 4.55 Å². The van der Waals surface area contributed by atoms with Gasteiger partial charge in [-0.25, -0.2) is 4.98 Å². The number of aromatic nitrogens is 1. The maximum absolute atomic E-state index is 12.8. The average Bonchev–Trinajstić information content (AvgIpc) is 3.32. The van der Waals surface area contributed by atoms with Crippen LogP contribution in [-0.4, -0.2) is 15.3 Å². The van der Waals surface area contributed by atoms with Crippen LogP contribution in [0.25, 0.3) is 26.4 Å². The van der Waals surface area contributed by atoms with Crippen molar-refractivity contribution in [1.29, 1.82) is 0 Å². The van der Waals surface area contributed by atoms with Crippen LogP contribution in [0.2, 0.25) is 0 Å². The van der Waals surface area contributed by atoms with E-state index >= 15 is 0 Å². The highest BCUT2D eigenvalue weighted by atomic mass is 32.2. The van der Waals surface area contributed by atoms with Gasteiger partial charge in [-0.2, -0.15) is 0 Å². The maximum Gasteiger partial charge on any atom is 0.232 e. The van der Waals surface area contributed by atoms with E-state index in [2.05, 4.69) is 37.4 Å². The van der Waals surface area contributed by atoms with Crippen LogP contribution >= 0.6 is 22.7 Å². The third kappa shape index (κ3) is 4.29. The zero-order valence-corrected chi connectivity index (χ0v) is 18.3. The van der Waals surface area contributed by atoms with Gasteiger partial charge in [0.1, 0.15) is 16.3 Å². The van der Waals surface area contributed by atoms with Crippen LogP contribution in [-0.2, 0) is 11.2 Å². The second kappa shape index (κ2) is 9.06. The summed E-state index contributed by atoms with van der Waals surface area (Å²) < 4.78 is 13.5. The van der Waals surface area contributed by atoms with Crippen LogP contribution in [0.3, 0.4) is 0 Å². The molecule has 1 unspecified atom stereocenters. The number of nitrogens with zero attached hydrogens (tertiary/aromatic N) is 1. The second-order valence-electron chi connectivity index (χ2n) is 6.29. The number of hydrogen-bond acceptors (Lipinski definition) is 5. The van der Waals surface area contributed by atoms with Crippen LogP contribution in [0.5, 0.6) is 0 Å². The van der Waals surface area contributed by atoms with Crippen molar-refractivity contribution in [2.75, 3.05) is 11.5 Å². The average molecular weight is 417 g/mol. The zero-order chi connectivity index (χ0) is 19.4. The number of fused-ring (bicyclic) bond motifs is 1. The third-order valence-corrected chi connectivity index (χ3v) is 8.18. The van der Waals surface area contributed by atoms with E-state index in [0.717, 1.165) is 49.0 Å². The second-order valence-corrected chi connectivity index (χ2v) is 10.0. The molecule has 3 heterocycles. The van der Waals surface area contributed by atoms with Crippen molar-refractivity contribution in [3.63, 3.8) is 0 Å². The number of nitrogens with two attached hydrogens (primary N) is 1. The summed E-state index contributed by atoms with van der Waals surface area (Å²) in [6.45, 7) is 6.18. The Morgan fingerprint density at radius 1 is 1.41 bits per heavy atom. The number of hydrogen-bond donors (Lipinski definition) is 1. The molecule has 3 rings (SSSR count). The number of unbranched alkanes of at least 4 members (excludes halogenated alkanes) is 1. The maximum atomic E-state index is 12.8. The Morgan fingerprint density at radius 2 is 2.22 bits per heavy atom. The Bertz CT molecular complexity index is 971. The van der Waals surface area contributed by atoms with Crippen LogP contribution in [0, 0.1) is 0 Å². The fraction of sp³-hybridized carbons (Fsp3) is 0.286. The molecule has 0 fully saturated rings. The molecule has 1 atom stereocenters. The SMILES string of the molecule is C/C=C\C=C(/C)c1cc(-c2cccs2)nc2sc([S+]([O-])CCCC)c(N)c12. The van der Waals surface area contributed by atoms with E-state index in [1.54, 1.807) is 11.3 Å². The Morgan fingerprint density at radius 3 is 2.89 bits per heavy atom. The predicted molar refractivity (Wildman–Crippen MR) is 122 cm³/mol. The van der Waals surface area contributed by atoms with Crippen molar-refractivity contribution in [1.82, 2.24) is 4.98 Å². The first-order valence-corrected chi connectivity index (χ1v) is 12.0. The molecule has 3 nitrogen and oxygen atoms in total. The fourth-order valence-electron chi connectivity index (χ4n) is 2.83. The molecule has 0 aliphatic carbocycles. The number of pyridine rings is 1. The molecule has 0 radical (unpaired) electrons. The van der Waals surface area contributed by atoms with Gasteiger partial charge in [0.25, 0.3) is 0 Å². The Balaban J connectivity index is 2.21. The quantitative estimate of drug-likeness (QED) is 0.353. The molecule has 142 valence electrons. The summed E-state index contributed by atoms with van der Waals surface area (Å²) in [6, 6.07) is 6.21. The molecular weight excluding hydrogens is 392 g/mol. The third-order valence-electron chi connectivity index (χ3n) is 4.29. The smallest absolute Gasteiger partial charge is 0.232 e.